The number of fused-ring (bicyclic) bond motifs is 1. The monoisotopic (exact) mass is 343 g/mol. The summed E-state index contributed by atoms with van der Waals surface area (Å²) < 4.78 is 3.18. The van der Waals surface area contributed by atoms with Gasteiger partial charge < -0.3 is 5.32 Å². The molecule has 3 rings (SSSR count). The lowest BCUT2D eigenvalue weighted by Crippen LogP contribution is -2.24. The number of imidazole rings is 1. The van der Waals surface area contributed by atoms with Crippen molar-refractivity contribution in [2.75, 3.05) is 0 Å². The van der Waals surface area contributed by atoms with E-state index in [0.717, 1.165) is 22.2 Å². The Hall–Kier alpha value is -2.53. The van der Waals surface area contributed by atoms with E-state index < -0.39 is 0 Å². The van der Waals surface area contributed by atoms with Gasteiger partial charge in [0, 0.05) is 25.7 Å². The third kappa shape index (κ3) is 3.21. The van der Waals surface area contributed by atoms with Crippen LogP contribution in [0, 0.1) is 0 Å². The fourth-order valence-electron chi connectivity index (χ4n) is 2.71. The minimum atomic E-state index is -0.0747. The molecule has 6 heteroatoms. The van der Waals surface area contributed by atoms with Crippen LogP contribution in [0.5, 0.6) is 0 Å². The molecule has 0 bridgehead atoms. The van der Waals surface area contributed by atoms with Gasteiger partial charge in [0.25, 0.3) is 0 Å². The quantitative estimate of drug-likeness (QED) is 0.790. The molecule has 0 saturated carbocycles. The van der Waals surface area contributed by atoms with Crippen molar-refractivity contribution < 1.29 is 4.79 Å². The van der Waals surface area contributed by atoms with Gasteiger partial charge in [-0.2, -0.15) is 0 Å². The highest BCUT2D eigenvalue weighted by Crippen LogP contribution is 2.14. The third-order valence-corrected chi connectivity index (χ3v) is 4.36. The highest BCUT2D eigenvalue weighted by Gasteiger charge is 2.10. The highest BCUT2D eigenvalue weighted by atomic mass is 35.5. The Balaban J connectivity index is 1.70. The van der Waals surface area contributed by atoms with Gasteiger partial charge in [-0.3, -0.25) is 13.9 Å². The number of carbonyl (C=O) groups is 1. The van der Waals surface area contributed by atoms with Crippen LogP contribution in [0.4, 0.5) is 0 Å². The second-order valence-electron chi connectivity index (χ2n) is 5.80. The zero-order valence-electron chi connectivity index (χ0n) is 13.5. The van der Waals surface area contributed by atoms with E-state index in [4.69, 9.17) is 11.6 Å². The van der Waals surface area contributed by atoms with Gasteiger partial charge in [0.1, 0.15) is 0 Å². The molecule has 2 aromatic carbocycles. The molecule has 1 aromatic heterocycles. The Bertz CT molecular complexity index is 955. The molecule has 0 aliphatic rings. The molecule has 0 saturated heterocycles. The Morgan fingerprint density at radius 1 is 1.00 bits per heavy atom. The lowest BCUT2D eigenvalue weighted by Gasteiger charge is -2.06. The van der Waals surface area contributed by atoms with Crippen LogP contribution in [0.15, 0.2) is 47.3 Å². The molecule has 0 spiro atoms. The SMILES string of the molecule is Cn1c(=O)n(C)c2cc(CC(=O)NCc3ccc(Cl)cc3)ccc21. The molecule has 1 N–H and O–H groups in total. The van der Waals surface area contributed by atoms with Gasteiger partial charge >= 0.3 is 5.69 Å². The summed E-state index contributed by atoms with van der Waals surface area (Å²) in [5.74, 6) is -0.0646. The summed E-state index contributed by atoms with van der Waals surface area (Å²) in [6.07, 6.45) is 0.270. The van der Waals surface area contributed by atoms with E-state index in [1.54, 1.807) is 35.4 Å². The highest BCUT2D eigenvalue weighted by molar-refractivity contribution is 6.30. The first-order valence-corrected chi connectivity index (χ1v) is 7.99. The summed E-state index contributed by atoms with van der Waals surface area (Å²) >= 11 is 5.84. The van der Waals surface area contributed by atoms with Gasteiger partial charge in [0.15, 0.2) is 0 Å². The van der Waals surface area contributed by atoms with Crippen molar-refractivity contribution in [3.05, 3.63) is 69.1 Å². The van der Waals surface area contributed by atoms with Crippen molar-refractivity contribution in [1.82, 2.24) is 14.5 Å². The summed E-state index contributed by atoms with van der Waals surface area (Å²) in [5.41, 5.74) is 3.47. The molecule has 0 radical (unpaired) electrons. The van der Waals surface area contributed by atoms with Crippen molar-refractivity contribution >= 4 is 28.5 Å². The van der Waals surface area contributed by atoms with Crippen LogP contribution >= 0.6 is 11.6 Å². The van der Waals surface area contributed by atoms with Crippen LogP contribution in [0.3, 0.4) is 0 Å². The summed E-state index contributed by atoms with van der Waals surface area (Å²) in [4.78, 5) is 24.1. The molecule has 0 fully saturated rings. The van der Waals surface area contributed by atoms with E-state index in [1.807, 2.05) is 30.3 Å². The lowest BCUT2D eigenvalue weighted by molar-refractivity contribution is -0.120. The fraction of sp³-hybridized carbons (Fsp3) is 0.222. The van der Waals surface area contributed by atoms with Crippen molar-refractivity contribution in [1.29, 1.82) is 0 Å². The van der Waals surface area contributed by atoms with Crippen molar-refractivity contribution in [3.63, 3.8) is 0 Å². The third-order valence-electron chi connectivity index (χ3n) is 4.10. The van der Waals surface area contributed by atoms with E-state index >= 15 is 0 Å². The number of amides is 1. The summed E-state index contributed by atoms with van der Waals surface area (Å²) in [7, 11) is 3.47. The number of hydrogen-bond donors (Lipinski definition) is 1. The van der Waals surface area contributed by atoms with Crippen molar-refractivity contribution in [2.45, 2.75) is 13.0 Å². The molecule has 0 aliphatic carbocycles. The first-order valence-electron chi connectivity index (χ1n) is 7.61. The zero-order chi connectivity index (χ0) is 17.3. The molecule has 1 amide bonds. The van der Waals surface area contributed by atoms with Gasteiger partial charge in [0.05, 0.1) is 17.5 Å². The Morgan fingerprint density at radius 3 is 2.33 bits per heavy atom. The van der Waals surface area contributed by atoms with E-state index in [1.165, 1.54) is 0 Å². The van der Waals surface area contributed by atoms with Crippen LogP contribution in [-0.4, -0.2) is 15.0 Å². The molecule has 0 aliphatic heterocycles. The van der Waals surface area contributed by atoms with E-state index in [9.17, 15) is 9.59 Å². The number of aryl methyl sites for hydroxylation is 2. The van der Waals surface area contributed by atoms with Crippen LogP contribution < -0.4 is 11.0 Å². The first-order chi connectivity index (χ1) is 11.5. The Labute approximate surface area is 144 Å². The zero-order valence-corrected chi connectivity index (χ0v) is 14.3. The lowest BCUT2D eigenvalue weighted by atomic mass is 10.1. The minimum Gasteiger partial charge on any atom is -0.352 e. The molecule has 1 heterocycles. The van der Waals surface area contributed by atoms with Crippen LogP contribution in [-0.2, 0) is 31.9 Å². The number of carbonyl (C=O) groups excluding carboxylic acids is 1. The largest absolute Gasteiger partial charge is 0.352 e. The van der Waals surface area contributed by atoms with Crippen LogP contribution in [0.2, 0.25) is 5.02 Å². The van der Waals surface area contributed by atoms with E-state index in [0.29, 0.717) is 11.6 Å². The maximum atomic E-state index is 12.1. The predicted octanol–water partition coefficient (Wildman–Crippen LogP) is 2.39. The number of rotatable bonds is 4. The van der Waals surface area contributed by atoms with Gasteiger partial charge in [0.2, 0.25) is 5.91 Å². The maximum Gasteiger partial charge on any atom is 0.328 e. The van der Waals surface area contributed by atoms with E-state index in [-0.39, 0.29) is 18.0 Å². The Kier molecular flexibility index (Phi) is 4.44. The molecule has 5 nitrogen and oxygen atoms in total. The number of halogens is 1. The topological polar surface area (TPSA) is 56.0 Å². The average Bonchev–Trinajstić information content (AvgIpc) is 2.79. The van der Waals surface area contributed by atoms with Gasteiger partial charge in [-0.15, -0.1) is 0 Å². The van der Waals surface area contributed by atoms with Gasteiger partial charge in [-0.05, 0) is 35.4 Å². The molecule has 0 unspecified atom stereocenters. The van der Waals surface area contributed by atoms with E-state index in [2.05, 4.69) is 5.32 Å². The van der Waals surface area contributed by atoms with Gasteiger partial charge in [-0.25, -0.2) is 4.79 Å². The van der Waals surface area contributed by atoms with Crippen LogP contribution in [0.25, 0.3) is 11.0 Å². The molecule has 3 aromatic rings. The fourth-order valence-corrected chi connectivity index (χ4v) is 2.84. The summed E-state index contributed by atoms with van der Waals surface area (Å²) in [6.45, 7) is 0.460. The normalized spacial score (nSPS) is 11.0. The molecular weight excluding hydrogens is 326 g/mol. The number of aromatic nitrogens is 2. The number of hydrogen-bond acceptors (Lipinski definition) is 2. The van der Waals surface area contributed by atoms with Crippen molar-refractivity contribution in [3.8, 4) is 0 Å². The predicted molar refractivity (Wildman–Crippen MR) is 95.2 cm³/mol. The number of nitrogens with one attached hydrogen (secondary N) is 1. The molecule has 0 atom stereocenters. The second-order valence-corrected chi connectivity index (χ2v) is 6.24. The average molecular weight is 344 g/mol. The van der Waals surface area contributed by atoms with Crippen LogP contribution in [0.1, 0.15) is 11.1 Å². The standard InChI is InChI=1S/C18H18ClN3O2/c1-21-15-8-5-13(9-16(15)22(2)18(21)24)10-17(23)20-11-12-3-6-14(19)7-4-12/h3-9H,10-11H2,1-2H3,(H,20,23). The van der Waals surface area contributed by atoms with Gasteiger partial charge in [-0.1, -0.05) is 29.8 Å². The Morgan fingerprint density at radius 2 is 1.62 bits per heavy atom. The second kappa shape index (κ2) is 6.53. The molecular formula is C18H18ClN3O2. The smallest absolute Gasteiger partial charge is 0.328 e. The summed E-state index contributed by atoms with van der Waals surface area (Å²) in [5, 5.41) is 3.56. The minimum absolute atomic E-state index is 0.0646. The molecule has 124 valence electrons. The first kappa shape index (κ1) is 16.3. The summed E-state index contributed by atoms with van der Waals surface area (Å²) in [6, 6.07) is 13.0. The maximum absolute atomic E-state index is 12.1. The van der Waals surface area contributed by atoms with Crippen molar-refractivity contribution in [2.24, 2.45) is 14.1 Å². The molecule has 24 heavy (non-hydrogen) atoms. The number of benzene rings is 2. The number of nitrogens with zero attached hydrogens (tertiary/aromatic N) is 2.